The number of aromatic nitrogens is 2. The molecular weight excluding hydrogens is 152 g/mol. The lowest BCUT2D eigenvalue weighted by molar-refractivity contribution is 0.0963. The summed E-state index contributed by atoms with van der Waals surface area (Å²) in [4.78, 5) is 15.4. The van der Waals surface area contributed by atoms with Gasteiger partial charge in [-0.1, -0.05) is 13.8 Å². The highest BCUT2D eigenvalue weighted by atomic mass is 16.1. The van der Waals surface area contributed by atoms with Gasteiger partial charge in [-0.05, 0) is 5.92 Å². The monoisotopic (exact) mass is 166 g/mol. The number of hydrogen-bond donors (Lipinski definition) is 0. The van der Waals surface area contributed by atoms with E-state index >= 15 is 0 Å². The molecule has 0 saturated carbocycles. The number of rotatable bonds is 3. The minimum atomic E-state index is 0.130. The van der Waals surface area contributed by atoms with Gasteiger partial charge in [-0.25, -0.2) is 4.98 Å². The number of Topliss-reactive ketones (excluding diaryl/α,β-unsaturated/α-hetero) is 1. The SMILES string of the molecule is CC(C)CC(=O)c1cn(C)cn1. The average molecular weight is 166 g/mol. The first-order valence-corrected chi connectivity index (χ1v) is 4.10. The molecule has 12 heavy (non-hydrogen) atoms. The molecule has 0 aromatic carbocycles. The van der Waals surface area contributed by atoms with Gasteiger partial charge >= 0.3 is 0 Å². The van der Waals surface area contributed by atoms with Crippen LogP contribution in [-0.4, -0.2) is 15.3 Å². The molecule has 3 nitrogen and oxygen atoms in total. The molecule has 0 N–H and O–H groups in total. The lowest BCUT2D eigenvalue weighted by Crippen LogP contribution is -2.03. The maximum absolute atomic E-state index is 11.4. The zero-order valence-electron chi connectivity index (χ0n) is 7.74. The summed E-state index contributed by atoms with van der Waals surface area (Å²) in [5.74, 6) is 0.533. The fraction of sp³-hybridized carbons (Fsp3) is 0.556. The fourth-order valence-corrected chi connectivity index (χ4v) is 1.03. The van der Waals surface area contributed by atoms with E-state index in [9.17, 15) is 4.79 Å². The molecule has 0 spiro atoms. The van der Waals surface area contributed by atoms with Crippen molar-refractivity contribution < 1.29 is 4.79 Å². The quantitative estimate of drug-likeness (QED) is 0.640. The van der Waals surface area contributed by atoms with E-state index in [0.29, 0.717) is 18.0 Å². The van der Waals surface area contributed by atoms with Crippen LogP contribution in [0.1, 0.15) is 30.8 Å². The Kier molecular flexibility index (Phi) is 2.63. The molecule has 0 radical (unpaired) electrons. The van der Waals surface area contributed by atoms with E-state index in [2.05, 4.69) is 4.98 Å². The molecular formula is C9H14N2O. The summed E-state index contributed by atoms with van der Waals surface area (Å²) in [6.45, 7) is 4.06. The number of carbonyl (C=O) groups excluding carboxylic acids is 1. The molecule has 0 saturated heterocycles. The van der Waals surface area contributed by atoms with Gasteiger partial charge in [0.25, 0.3) is 0 Å². The third-order valence-corrected chi connectivity index (χ3v) is 1.58. The van der Waals surface area contributed by atoms with Crippen molar-refractivity contribution in [1.29, 1.82) is 0 Å². The molecule has 1 aromatic heterocycles. The van der Waals surface area contributed by atoms with Crippen molar-refractivity contribution >= 4 is 5.78 Å². The Morgan fingerprint density at radius 3 is 2.75 bits per heavy atom. The normalized spacial score (nSPS) is 10.7. The number of carbonyl (C=O) groups is 1. The van der Waals surface area contributed by atoms with Crippen molar-refractivity contribution in [3.8, 4) is 0 Å². The Balaban J connectivity index is 2.65. The van der Waals surface area contributed by atoms with E-state index in [4.69, 9.17) is 0 Å². The Bertz CT molecular complexity index is 276. The van der Waals surface area contributed by atoms with E-state index in [-0.39, 0.29) is 5.78 Å². The molecule has 0 atom stereocenters. The van der Waals surface area contributed by atoms with Gasteiger partial charge < -0.3 is 4.57 Å². The van der Waals surface area contributed by atoms with Gasteiger partial charge in [0.1, 0.15) is 5.69 Å². The van der Waals surface area contributed by atoms with Crippen LogP contribution in [0.25, 0.3) is 0 Å². The third kappa shape index (κ3) is 2.19. The van der Waals surface area contributed by atoms with Crippen LogP contribution in [0.15, 0.2) is 12.5 Å². The Labute approximate surface area is 72.4 Å². The van der Waals surface area contributed by atoms with Crippen molar-refractivity contribution in [3.05, 3.63) is 18.2 Å². The lowest BCUT2D eigenvalue weighted by atomic mass is 10.1. The Hall–Kier alpha value is -1.12. The second-order valence-electron chi connectivity index (χ2n) is 3.45. The highest BCUT2D eigenvalue weighted by molar-refractivity contribution is 5.94. The molecule has 66 valence electrons. The van der Waals surface area contributed by atoms with Crippen LogP contribution >= 0.6 is 0 Å². The summed E-state index contributed by atoms with van der Waals surface area (Å²) in [6.07, 6.45) is 3.98. The molecule has 0 aliphatic heterocycles. The van der Waals surface area contributed by atoms with Crippen molar-refractivity contribution in [2.24, 2.45) is 13.0 Å². The first-order valence-electron chi connectivity index (χ1n) is 4.10. The maximum Gasteiger partial charge on any atom is 0.182 e. The summed E-state index contributed by atoms with van der Waals surface area (Å²) in [5.41, 5.74) is 0.575. The second kappa shape index (κ2) is 3.52. The maximum atomic E-state index is 11.4. The first-order chi connectivity index (χ1) is 5.59. The topological polar surface area (TPSA) is 34.9 Å². The van der Waals surface area contributed by atoms with Gasteiger partial charge in [0.15, 0.2) is 5.78 Å². The molecule has 0 aliphatic rings. The Morgan fingerprint density at radius 2 is 2.33 bits per heavy atom. The van der Waals surface area contributed by atoms with Crippen LogP contribution in [0.3, 0.4) is 0 Å². The van der Waals surface area contributed by atoms with Crippen LogP contribution in [0.2, 0.25) is 0 Å². The molecule has 3 heteroatoms. The van der Waals surface area contributed by atoms with Crippen LogP contribution in [-0.2, 0) is 7.05 Å². The van der Waals surface area contributed by atoms with Crippen LogP contribution in [0.4, 0.5) is 0 Å². The van der Waals surface area contributed by atoms with Gasteiger partial charge in [0.05, 0.1) is 6.33 Å². The molecule has 0 unspecified atom stereocenters. The number of ketones is 1. The standard InChI is InChI=1S/C9H14N2O/c1-7(2)4-9(12)8-5-11(3)6-10-8/h5-7H,4H2,1-3H3. The van der Waals surface area contributed by atoms with Crippen molar-refractivity contribution in [2.45, 2.75) is 20.3 Å². The van der Waals surface area contributed by atoms with Crippen molar-refractivity contribution in [3.63, 3.8) is 0 Å². The molecule has 1 rings (SSSR count). The molecule has 0 bridgehead atoms. The van der Waals surface area contributed by atoms with Crippen molar-refractivity contribution in [2.75, 3.05) is 0 Å². The van der Waals surface area contributed by atoms with Crippen LogP contribution in [0, 0.1) is 5.92 Å². The minimum absolute atomic E-state index is 0.130. The minimum Gasteiger partial charge on any atom is -0.340 e. The van der Waals surface area contributed by atoms with Crippen LogP contribution in [0.5, 0.6) is 0 Å². The molecule has 1 heterocycles. The largest absolute Gasteiger partial charge is 0.340 e. The summed E-state index contributed by atoms with van der Waals surface area (Å²) >= 11 is 0. The summed E-state index contributed by atoms with van der Waals surface area (Å²) in [6, 6.07) is 0. The highest BCUT2D eigenvalue weighted by Gasteiger charge is 2.09. The highest BCUT2D eigenvalue weighted by Crippen LogP contribution is 2.06. The van der Waals surface area contributed by atoms with E-state index in [0.717, 1.165) is 0 Å². The lowest BCUT2D eigenvalue weighted by Gasteiger charge is -1.99. The summed E-state index contributed by atoms with van der Waals surface area (Å²) in [7, 11) is 1.86. The molecule has 0 aliphatic carbocycles. The molecule has 0 fully saturated rings. The average Bonchev–Trinajstić information content (AvgIpc) is 2.34. The van der Waals surface area contributed by atoms with Gasteiger partial charge in [-0.2, -0.15) is 0 Å². The summed E-state index contributed by atoms with van der Waals surface area (Å²) < 4.78 is 1.79. The van der Waals surface area contributed by atoms with Gasteiger partial charge in [-0.3, -0.25) is 4.79 Å². The zero-order chi connectivity index (χ0) is 9.14. The van der Waals surface area contributed by atoms with E-state index < -0.39 is 0 Å². The summed E-state index contributed by atoms with van der Waals surface area (Å²) in [5, 5.41) is 0. The predicted molar refractivity (Wildman–Crippen MR) is 47.0 cm³/mol. The number of nitrogens with zero attached hydrogens (tertiary/aromatic N) is 2. The Morgan fingerprint density at radius 1 is 1.67 bits per heavy atom. The van der Waals surface area contributed by atoms with E-state index in [1.807, 2.05) is 20.9 Å². The fourth-order valence-electron chi connectivity index (χ4n) is 1.03. The number of aryl methyl sites for hydroxylation is 1. The van der Waals surface area contributed by atoms with Gasteiger partial charge in [-0.15, -0.1) is 0 Å². The van der Waals surface area contributed by atoms with E-state index in [1.54, 1.807) is 17.1 Å². The van der Waals surface area contributed by atoms with Gasteiger partial charge in [0, 0.05) is 19.7 Å². The predicted octanol–water partition coefficient (Wildman–Crippen LogP) is 1.65. The van der Waals surface area contributed by atoms with E-state index in [1.165, 1.54) is 0 Å². The zero-order valence-corrected chi connectivity index (χ0v) is 7.74. The van der Waals surface area contributed by atoms with Gasteiger partial charge in [0.2, 0.25) is 0 Å². The molecule has 0 amide bonds. The first kappa shape index (κ1) is 8.97. The third-order valence-electron chi connectivity index (χ3n) is 1.58. The van der Waals surface area contributed by atoms with Crippen LogP contribution < -0.4 is 0 Å². The number of imidazole rings is 1. The van der Waals surface area contributed by atoms with Crippen molar-refractivity contribution in [1.82, 2.24) is 9.55 Å². The number of hydrogen-bond acceptors (Lipinski definition) is 2. The smallest absolute Gasteiger partial charge is 0.182 e. The second-order valence-corrected chi connectivity index (χ2v) is 3.45. The molecule has 1 aromatic rings.